The SMILES string of the molecule is COC(=O)C1(c2cc(F)c3c(c2)N=C(NC(=O)OC(C)(C)C)CC(C(=O)N(CCO[Si](C)(C)C(C)(C)C)CCO[Si](C)(C)C(C)(C)C)=C3)CC1. The number of benzene rings is 1. The maximum atomic E-state index is 16.0. The summed E-state index contributed by atoms with van der Waals surface area (Å²) in [5.41, 5.74) is -0.772. The highest BCUT2D eigenvalue weighted by atomic mass is 28.4. The fourth-order valence-electron chi connectivity index (χ4n) is 5.04. The van der Waals surface area contributed by atoms with E-state index in [1.807, 2.05) is 0 Å². The summed E-state index contributed by atoms with van der Waals surface area (Å²) < 4.78 is 39.5. The summed E-state index contributed by atoms with van der Waals surface area (Å²) in [4.78, 5) is 46.4. The van der Waals surface area contributed by atoms with Gasteiger partial charge in [-0.25, -0.2) is 14.2 Å². The fraction of sp³-hybridized carbons (Fsp3) is 0.676. The van der Waals surface area contributed by atoms with Crippen molar-refractivity contribution in [3.05, 3.63) is 34.6 Å². The molecule has 1 aliphatic heterocycles. The van der Waals surface area contributed by atoms with E-state index in [2.05, 4.69) is 78.0 Å². The maximum absolute atomic E-state index is 16.0. The van der Waals surface area contributed by atoms with Crippen LogP contribution in [-0.4, -0.2) is 84.4 Å². The third-order valence-corrected chi connectivity index (χ3v) is 19.5. The molecule has 0 aromatic heterocycles. The van der Waals surface area contributed by atoms with Crippen LogP contribution in [0.25, 0.3) is 6.08 Å². The van der Waals surface area contributed by atoms with E-state index in [1.54, 1.807) is 31.7 Å². The second kappa shape index (κ2) is 15.0. The zero-order valence-electron chi connectivity index (χ0n) is 32.8. The summed E-state index contributed by atoms with van der Waals surface area (Å²) in [5.74, 6) is -1.30. The lowest BCUT2D eigenvalue weighted by Gasteiger charge is -2.38. The highest BCUT2D eigenvalue weighted by Crippen LogP contribution is 2.51. The molecule has 280 valence electrons. The van der Waals surface area contributed by atoms with Crippen molar-refractivity contribution in [3.8, 4) is 0 Å². The number of fused-ring (bicyclic) bond motifs is 1. The number of esters is 1. The van der Waals surface area contributed by atoms with Crippen LogP contribution in [-0.2, 0) is 33.3 Å². The van der Waals surface area contributed by atoms with Gasteiger partial charge >= 0.3 is 12.1 Å². The Bertz CT molecular complexity index is 1480. The number of carbonyl (C=O) groups excluding carboxylic acids is 3. The lowest BCUT2D eigenvalue weighted by atomic mass is 9.93. The first-order chi connectivity index (χ1) is 22.7. The second-order valence-corrected chi connectivity index (χ2v) is 27.1. The maximum Gasteiger partial charge on any atom is 0.413 e. The van der Waals surface area contributed by atoms with Crippen molar-refractivity contribution in [1.29, 1.82) is 0 Å². The molecule has 1 aliphatic carbocycles. The Kier molecular flexibility index (Phi) is 12.5. The first kappa shape index (κ1) is 41.5. The number of nitrogens with zero attached hydrogens (tertiary/aromatic N) is 2. The third kappa shape index (κ3) is 10.1. The third-order valence-electron chi connectivity index (χ3n) is 10.4. The van der Waals surface area contributed by atoms with Crippen LogP contribution >= 0.6 is 0 Å². The zero-order chi connectivity index (χ0) is 38.1. The number of nitrogens with one attached hydrogen (secondary N) is 1. The van der Waals surface area contributed by atoms with Crippen LogP contribution in [0, 0.1) is 5.82 Å². The lowest BCUT2D eigenvalue weighted by molar-refractivity contribution is -0.143. The molecule has 1 N–H and O–H groups in total. The molecule has 50 heavy (non-hydrogen) atoms. The molecule has 1 heterocycles. The van der Waals surface area contributed by atoms with Crippen LogP contribution in [0.4, 0.5) is 14.9 Å². The Hall–Kier alpha value is -2.88. The summed E-state index contributed by atoms with van der Waals surface area (Å²) in [6.45, 7) is 28.1. The molecule has 0 saturated heterocycles. The molecule has 3 rings (SSSR count). The highest BCUT2D eigenvalue weighted by Gasteiger charge is 2.53. The van der Waals surface area contributed by atoms with Gasteiger partial charge in [-0.2, -0.15) is 0 Å². The number of halogens is 1. The lowest BCUT2D eigenvalue weighted by Crippen LogP contribution is -2.46. The van der Waals surface area contributed by atoms with Gasteiger partial charge < -0.3 is 23.2 Å². The Morgan fingerprint density at radius 3 is 1.86 bits per heavy atom. The predicted molar refractivity (Wildman–Crippen MR) is 201 cm³/mol. The van der Waals surface area contributed by atoms with Crippen LogP contribution in [0.15, 0.2) is 22.7 Å². The van der Waals surface area contributed by atoms with Crippen molar-refractivity contribution in [3.63, 3.8) is 0 Å². The number of carbonyl (C=O) groups is 3. The molecule has 0 radical (unpaired) electrons. The fourth-order valence-corrected chi connectivity index (χ4v) is 7.11. The molecule has 0 spiro atoms. The first-order valence-corrected chi connectivity index (χ1v) is 23.3. The quantitative estimate of drug-likeness (QED) is 0.180. The number of alkyl carbamates (subject to hydrolysis) is 1. The Morgan fingerprint density at radius 2 is 1.42 bits per heavy atom. The monoisotopic (exact) mass is 733 g/mol. The smallest absolute Gasteiger partial charge is 0.413 e. The minimum absolute atomic E-state index is 0.0111. The first-order valence-electron chi connectivity index (χ1n) is 17.5. The van der Waals surface area contributed by atoms with Gasteiger partial charge in [0.05, 0.1) is 31.4 Å². The minimum atomic E-state index is -2.11. The van der Waals surface area contributed by atoms with Gasteiger partial charge in [-0.15, -0.1) is 0 Å². The van der Waals surface area contributed by atoms with Gasteiger partial charge in [0.15, 0.2) is 16.6 Å². The van der Waals surface area contributed by atoms with Crippen molar-refractivity contribution in [2.75, 3.05) is 33.4 Å². The van der Waals surface area contributed by atoms with Gasteiger partial charge in [-0.05, 0) is 93.6 Å². The van der Waals surface area contributed by atoms with Gasteiger partial charge in [-0.1, -0.05) is 41.5 Å². The summed E-state index contributed by atoms with van der Waals surface area (Å²) in [5, 5.41) is 2.67. The van der Waals surface area contributed by atoms with E-state index in [9.17, 15) is 14.4 Å². The van der Waals surface area contributed by atoms with E-state index >= 15 is 4.39 Å². The van der Waals surface area contributed by atoms with Gasteiger partial charge in [0.1, 0.15) is 17.3 Å². The summed E-state index contributed by atoms with van der Waals surface area (Å²) in [7, 11) is -2.91. The topological polar surface area (TPSA) is 116 Å². The van der Waals surface area contributed by atoms with E-state index in [4.69, 9.17) is 18.3 Å². The van der Waals surface area contributed by atoms with Gasteiger partial charge in [0.2, 0.25) is 5.91 Å². The molecule has 2 amide bonds. The molecule has 0 atom stereocenters. The molecule has 0 unspecified atom stereocenters. The number of ether oxygens (including phenoxy) is 2. The Labute approximate surface area is 300 Å². The van der Waals surface area contributed by atoms with E-state index in [-0.39, 0.29) is 45.1 Å². The van der Waals surface area contributed by atoms with E-state index in [1.165, 1.54) is 19.3 Å². The minimum Gasteiger partial charge on any atom is -0.468 e. The average Bonchev–Trinajstić information content (AvgIpc) is 3.78. The van der Waals surface area contributed by atoms with Crippen LogP contribution in [0.3, 0.4) is 0 Å². The zero-order valence-corrected chi connectivity index (χ0v) is 34.8. The molecule has 1 aromatic carbocycles. The highest BCUT2D eigenvalue weighted by molar-refractivity contribution is 6.74. The van der Waals surface area contributed by atoms with Crippen LogP contribution in [0.2, 0.25) is 36.3 Å². The normalized spacial score (nSPS) is 16.4. The summed E-state index contributed by atoms with van der Waals surface area (Å²) in [6, 6.07) is 2.96. The predicted octanol–water partition coefficient (Wildman–Crippen LogP) is 8.24. The Morgan fingerprint density at radius 1 is 0.900 bits per heavy atom. The number of amides is 2. The molecule has 10 nitrogen and oxygen atoms in total. The van der Waals surface area contributed by atoms with Gasteiger partial charge in [0.25, 0.3) is 0 Å². The number of hydrogen-bond donors (Lipinski definition) is 1. The van der Waals surface area contributed by atoms with Crippen molar-refractivity contribution >= 4 is 52.2 Å². The molecular formula is C37H60FN3O7Si2. The molecule has 1 saturated carbocycles. The van der Waals surface area contributed by atoms with Crippen molar-refractivity contribution < 1.29 is 37.1 Å². The number of hydrogen-bond acceptors (Lipinski definition) is 8. The van der Waals surface area contributed by atoms with Crippen LogP contribution in [0.1, 0.15) is 92.7 Å². The number of methoxy groups -OCH3 is 1. The number of rotatable bonds is 11. The molecule has 1 aromatic rings. The van der Waals surface area contributed by atoms with E-state index in [0.29, 0.717) is 44.7 Å². The molecule has 0 bridgehead atoms. The average molecular weight is 734 g/mol. The van der Waals surface area contributed by atoms with E-state index < -0.39 is 45.5 Å². The van der Waals surface area contributed by atoms with Crippen molar-refractivity contribution in [2.24, 2.45) is 4.99 Å². The summed E-state index contributed by atoms with van der Waals surface area (Å²) >= 11 is 0. The standard InChI is InChI=1S/C37H60FN3O7Si2/c1-34(2,3)48-33(44)40-30-22-25(21-27-28(38)23-26(24-29(27)39-30)37(15-16-37)32(43)45-10)31(42)41(17-19-46-49(11,12)35(4,5)6)18-20-47-50(13,14)36(7,8)9/h21,23-24H,15-20,22H2,1-14H3,(H,39,40,44). The van der Waals surface area contributed by atoms with Gasteiger partial charge in [-0.3, -0.25) is 14.9 Å². The molecule has 1 fully saturated rings. The van der Waals surface area contributed by atoms with Crippen LogP contribution < -0.4 is 5.32 Å². The van der Waals surface area contributed by atoms with E-state index in [0.717, 1.165) is 0 Å². The van der Waals surface area contributed by atoms with Crippen LogP contribution in [0.5, 0.6) is 0 Å². The van der Waals surface area contributed by atoms with Crippen molar-refractivity contribution in [1.82, 2.24) is 10.2 Å². The second-order valence-electron chi connectivity index (χ2n) is 17.5. The number of amidine groups is 1. The van der Waals surface area contributed by atoms with Crippen molar-refractivity contribution in [2.45, 2.75) is 129 Å². The Balaban J connectivity index is 2.05. The number of aliphatic imine (C=N–C) groups is 1. The largest absolute Gasteiger partial charge is 0.468 e. The molecule has 2 aliphatic rings. The van der Waals surface area contributed by atoms with Gasteiger partial charge in [0, 0.05) is 30.6 Å². The molecular weight excluding hydrogens is 674 g/mol. The molecule has 13 heteroatoms. The summed E-state index contributed by atoms with van der Waals surface area (Å²) in [6.07, 6.45) is 1.70.